The van der Waals surface area contributed by atoms with Crippen LogP contribution in [0.15, 0.2) is 16.7 Å². The van der Waals surface area contributed by atoms with Gasteiger partial charge in [-0.1, -0.05) is 0 Å². The minimum atomic E-state index is -1.10. The molecule has 0 aliphatic carbocycles. The SMILES string of the molecule is C[C@H]1COc2c(Br)c(F)cc3ncc(C(=O)O)c(c23)N1. The highest BCUT2D eigenvalue weighted by molar-refractivity contribution is 9.10. The lowest BCUT2D eigenvalue weighted by Gasteiger charge is -2.13. The number of carbonyl (C=O) groups is 1. The third-order valence-corrected chi connectivity index (χ3v) is 3.85. The summed E-state index contributed by atoms with van der Waals surface area (Å²) in [5, 5.41) is 12.8. The number of carboxylic acid groups (broad SMARTS) is 1. The topological polar surface area (TPSA) is 71.5 Å². The molecule has 1 aromatic carbocycles. The normalized spacial score (nSPS) is 17.2. The smallest absolute Gasteiger partial charge is 0.339 e. The molecule has 1 atom stereocenters. The number of nitrogens with zero attached hydrogens (tertiary/aromatic N) is 1. The predicted octanol–water partition coefficient (Wildman–Crippen LogP) is 3.03. The van der Waals surface area contributed by atoms with Crippen molar-refractivity contribution in [3.63, 3.8) is 0 Å². The largest absolute Gasteiger partial charge is 0.489 e. The van der Waals surface area contributed by atoms with Crippen LogP contribution in [0, 0.1) is 5.82 Å². The van der Waals surface area contributed by atoms with Crippen LogP contribution in [-0.2, 0) is 0 Å². The molecule has 2 N–H and O–H groups in total. The zero-order chi connectivity index (χ0) is 14.4. The third-order valence-electron chi connectivity index (χ3n) is 3.11. The minimum Gasteiger partial charge on any atom is -0.489 e. The van der Waals surface area contributed by atoms with E-state index in [1.807, 2.05) is 6.92 Å². The summed E-state index contributed by atoms with van der Waals surface area (Å²) in [6, 6.07) is 1.14. The van der Waals surface area contributed by atoms with Crippen LogP contribution in [0.4, 0.5) is 10.1 Å². The molecule has 1 aromatic heterocycles. The second-order valence-electron chi connectivity index (χ2n) is 4.60. The second-order valence-corrected chi connectivity index (χ2v) is 5.40. The van der Waals surface area contributed by atoms with Gasteiger partial charge in [-0.25, -0.2) is 9.18 Å². The average Bonchev–Trinajstić information content (AvgIpc) is 2.56. The highest BCUT2D eigenvalue weighted by Crippen LogP contribution is 2.42. The lowest BCUT2D eigenvalue weighted by Crippen LogP contribution is -2.22. The van der Waals surface area contributed by atoms with Crippen LogP contribution < -0.4 is 10.1 Å². The van der Waals surface area contributed by atoms with Crippen LogP contribution in [0.5, 0.6) is 5.75 Å². The molecule has 0 saturated carbocycles. The second kappa shape index (κ2) is 4.59. The van der Waals surface area contributed by atoms with Crippen molar-refractivity contribution in [2.75, 3.05) is 11.9 Å². The number of anilines is 1. The maximum absolute atomic E-state index is 13.8. The Kier molecular flexibility index (Phi) is 3.01. The summed E-state index contributed by atoms with van der Waals surface area (Å²) in [5.41, 5.74) is 0.792. The maximum Gasteiger partial charge on any atom is 0.339 e. The number of nitrogens with one attached hydrogen (secondary N) is 1. The van der Waals surface area contributed by atoms with Gasteiger partial charge in [0.05, 0.1) is 27.1 Å². The number of hydrogen-bond donors (Lipinski definition) is 2. The maximum atomic E-state index is 13.8. The predicted molar refractivity (Wildman–Crippen MR) is 74.9 cm³/mol. The molecule has 0 radical (unpaired) electrons. The van der Waals surface area contributed by atoms with E-state index in [4.69, 9.17) is 4.74 Å². The van der Waals surface area contributed by atoms with Crippen LogP contribution in [0.3, 0.4) is 0 Å². The van der Waals surface area contributed by atoms with Crippen LogP contribution in [-0.4, -0.2) is 28.7 Å². The molecule has 20 heavy (non-hydrogen) atoms. The number of aromatic carboxylic acids is 1. The van der Waals surface area contributed by atoms with Crippen molar-refractivity contribution in [3.05, 3.63) is 28.1 Å². The molecular formula is C13H10BrFN2O3. The van der Waals surface area contributed by atoms with Gasteiger partial charge in [-0.3, -0.25) is 4.98 Å². The Balaban J connectivity index is 2.45. The van der Waals surface area contributed by atoms with Crippen LogP contribution in [0.1, 0.15) is 17.3 Å². The highest BCUT2D eigenvalue weighted by Gasteiger charge is 2.25. The van der Waals surface area contributed by atoms with Gasteiger partial charge in [0.25, 0.3) is 0 Å². The van der Waals surface area contributed by atoms with E-state index in [0.717, 1.165) is 0 Å². The van der Waals surface area contributed by atoms with Gasteiger partial charge in [-0.15, -0.1) is 0 Å². The van der Waals surface area contributed by atoms with Crippen LogP contribution in [0.2, 0.25) is 0 Å². The Morgan fingerprint density at radius 3 is 3.10 bits per heavy atom. The van der Waals surface area contributed by atoms with Gasteiger partial charge >= 0.3 is 5.97 Å². The molecule has 0 spiro atoms. The lowest BCUT2D eigenvalue weighted by molar-refractivity contribution is 0.0697. The van der Waals surface area contributed by atoms with Gasteiger partial charge in [-0.2, -0.15) is 0 Å². The fourth-order valence-electron chi connectivity index (χ4n) is 2.21. The number of halogens is 2. The zero-order valence-electron chi connectivity index (χ0n) is 10.4. The monoisotopic (exact) mass is 340 g/mol. The van der Waals surface area contributed by atoms with Gasteiger partial charge in [0, 0.05) is 12.3 Å². The summed E-state index contributed by atoms with van der Waals surface area (Å²) in [7, 11) is 0. The fourth-order valence-corrected chi connectivity index (χ4v) is 2.64. The van der Waals surface area contributed by atoms with E-state index in [9.17, 15) is 14.3 Å². The van der Waals surface area contributed by atoms with Crippen molar-refractivity contribution >= 4 is 38.5 Å². The van der Waals surface area contributed by atoms with Crippen LogP contribution >= 0.6 is 15.9 Å². The van der Waals surface area contributed by atoms with Crippen molar-refractivity contribution in [3.8, 4) is 5.75 Å². The molecule has 1 aliphatic rings. The molecule has 0 saturated heterocycles. The molecule has 0 bridgehead atoms. The van der Waals surface area contributed by atoms with Crippen molar-refractivity contribution in [2.45, 2.75) is 13.0 Å². The van der Waals surface area contributed by atoms with Crippen molar-refractivity contribution in [1.29, 1.82) is 0 Å². The molecule has 0 amide bonds. The molecule has 3 rings (SSSR count). The zero-order valence-corrected chi connectivity index (χ0v) is 12.0. The lowest BCUT2D eigenvalue weighted by atomic mass is 10.1. The molecule has 5 nitrogen and oxygen atoms in total. The van der Waals surface area contributed by atoms with Gasteiger partial charge in [-0.05, 0) is 22.9 Å². The number of rotatable bonds is 1. The fraction of sp³-hybridized carbons (Fsp3) is 0.231. The van der Waals surface area contributed by atoms with E-state index >= 15 is 0 Å². The van der Waals surface area contributed by atoms with E-state index in [0.29, 0.717) is 23.2 Å². The molecule has 2 aromatic rings. The minimum absolute atomic E-state index is 0.0367. The van der Waals surface area contributed by atoms with Crippen molar-refractivity contribution in [2.24, 2.45) is 0 Å². The summed E-state index contributed by atoms with van der Waals surface area (Å²) >= 11 is 3.14. The quantitative estimate of drug-likeness (QED) is 0.834. The number of benzene rings is 1. The Labute approximate surface area is 121 Å². The van der Waals surface area contributed by atoms with Gasteiger partial charge in [0.1, 0.15) is 23.7 Å². The Bertz CT molecular complexity index is 735. The van der Waals surface area contributed by atoms with Crippen molar-refractivity contribution in [1.82, 2.24) is 4.98 Å². The number of hydrogen-bond acceptors (Lipinski definition) is 4. The molecule has 7 heteroatoms. The molecule has 2 heterocycles. The summed E-state index contributed by atoms with van der Waals surface area (Å²) in [6.07, 6.45) is 1.22. The number of aromatic nitrogens is 1. The molecular weight excluding hydrogens is 331 g/mol. The third kappa shape index (κ3) is 1.89. The van der Waals surface area contributed by atoms with Crippen LogP contribution in [0.25, 0.3) is 10.9 Å². The first kappa shape index (κ1) is 13.1. The first-order valence-corrected chi connectivity index (χ1v) is 6.71. The molecule has 0 fully saturated rings. The first-order chi connectivity index (χ1) is 9.49. The van der Waals surface area contributed by atoms with E-state index in [2.05, 4.69) is 26.2 Å². The average molecular weight is 341 g/mol. The van der Waals surface area contributed by atoms with Gasteiger partial charge < -0.3 is 15.2 Å². The van der Waals surface area contributed by atoms with E-state index in [-0.39, 0.29) is 21.8 Å². The molecule has 0 unspecified atom stereocenters. The Morgan fingerprint density at radius 1 is 1.65 bits per heavy atom. The van der Waals surface area contributed by atoms with E-state index in [1.165, 1.54) is 12.3 Å². The standard InChI is InChI=1S/C13H10BrFN2O3/c1-5-4-20-12-9-8(2-7(15)10(12)14)16-3-6(13(18)19)11(9)17-5/h2-3,5,17H,4H2,1H3,(H,18,19)/t5-/m0/s1. The molecule has 1 aliphatic heterocycles. The first-order valence-electron chi connectivity index (χ1n) is 5.92. The number of ether oxygens (including phenoxy) is 1. The van der Waals surface area contributed by atoms with Gasteiger partial charge in [0.15, 0.2) is 0 Å². The number of carboxylic acids is 1. The van der Waals surface area contributed by atoms with Crippen molar-refractivity contribution < 1.29 is 19.0 Å². The molecule has 104 valence electrons. The van der Waals surface area contributed by atoms with E-state index in [1.54, 1.807) is 0 Å². The summed E-state index contributed by atoms with van der Waals surface area (Å²) in [6.45, 7) is 2.15. The Hall–Kier alpha value is -1.89. The summed E-state index contributed by atoms with van der Waals surface area (Å²) in [4.78, 5) is 15.3. The Morgan fingerprint density at radius 2 is 2.40 bits per heavy atom. The van der Waals surface area contributed by atoms with E-state index < -0.39 is 11.8 Å². The summed E-state index contributed by atoms with van der Waals surface area (Å²) in [5.74, 6) is -1.31. The highest BCUT2D eigenvalue weighted by atomic mass is 79.9. The summed E-state index contributed by atoms with van der Waals surface area (Å²) < 4.78 is 19.6. The van der Waals surface area contributed by atoms with Gasteiger partial charge in [0.2, 0.25) is 0 Å². The number of pyridine rings is 1.